The summed E-state index contributed by atoms with van der Waals surface area (Å²) in [5.74, 6) is 0. The van der Waals surface area contributed by atoms with Crippen molar-refractivity contribution in [1.82, 2.24) is 0 Å². The Hall–Kier alpha value is -1.60. The average Bonchev–Trinajstić information content (AvgIpc) is 2.56. The van der Waals surface area contributed by atoms with Crippen LogP contribution < -0.4 is 0 Å². The topological polar surface area (TPSA) is 9.23 Å². The molecule has 21 heavy (non-hydrogen) atoms. The van der Waals surface area contributed by atoms with Gasteiger partial charge in [0.05, 0.1) is 13.2 Å². The molecule has 0 aliphatic carbocycles. The molecule has 0 N–H and O–H groups in total. The first kappa shape index (κ1) is 14.3. The van der Waals surface area contributed by atoms with E-state index in [1.54, 1.807) is 0 Å². The van der Waals surface area contributed by atoms with E-state index in [2.05, 4.69) is 74.5 Å². The SMILES string of the molecule is CCC1(c2ccccc2)COCC(C)(c2ccccc2)C1. The van der Waals surface area contributed by atoms with Gasteiger partial charge < -0.3 is 4.74 Å². The van der Waals surface area contributed by atoms with Crippen LogP contribution in [0.3, 0.4) is 0 Å². The van der Waals surface area contributed by atoms with E-state index >= 15 is 0 Å². The lowest BCUT2D eigenvalue weighted by Crippen LogP contribution is -2.47. The molecule has 1 nitrogen and oxygen atoms in total. The Morgan fingerprint density at radius 1 is 0.857 bits per heavy atom. The number of hydrogen-bond acceptors (Lipinski definition) is 1. The van der Waals surface area contributed by atoms with Crippen LogP contribution in [-0.2, 0) is 15.6 Å². The minimum Gasteiger partial charge on any atom is -0.380 e. The molecule has 1 aliphatic heterocycles. The lowest BCUT2D eigenvalue weighted by Gasteiger charge is -2.46. The largest absolute Gasteiger partial charge is 0.380 e. The van der Waals surface area contributed by atoms with Gasteiger partial charge in [0.1, 0.15) is 0 Å². The fraction of sp³-hybridized carbons (Fsp3) is 0.400. The summed E-state index contributed by atoms with van der Waals surface area (Å²) in [5, 5.41) is 0. The van der Waals surface area contributed by atoms with Crippen LogP contribution in [0.5, 0.6) is 0 Å². The van der Waals surface area contributed by atoms with E-state index < -0.39 is 0 Å². The number of hydrogen-bond donors (Lipinski definition) is 0. The van der Waals surface area contributed by atoms with Crippen molar-refractivity contribution in [1.29, 1.82) is 0 Å². The first-order valence-corrected chi connectivity index (χ1v) is 7.87. The maximum absolute atomic E-state index is 6.10. The van der Waals surface area contributed by atoms with Gasteiger partial charge in [-0.3, -0.25) is 0 Å². The summed E-state index contributed by atoms with van der Waals surface area (Å²) < 4.78 is 6.10. The van der Waals surface area contributed by atoms with Gasteiger partial charge in [-0.25, -0.2) is 0 Å². The van der Waals surface area contributed by atoms with Gasteiger partial charge in [0.25, 0.3) is 0 Å². The molecule has 2 atom stereocenters. The van der Waals surface area contributed by atoms with E-state index in [0.717, 1.165) is 26.1 Å². The second-order valence-electron chi connectivity index (χ2n) is 6.60. The van der Waals surface area contributed by atoms with Crippen molar-refractivity contribution in [2.45, 2.75) is 37.5 Å². The maximum Gasteiger partial charge on any atom is 0.0563 e. The summed E-state index contributed by atoms with van der Waals surface area (Å²) in [7, 11) is 0. The van der Waals surface area contributed by atoms with E-state index in [4.69, 9.17) is 4.74 Å². The quantitative estimate of drug-likeness (QED) is 0.791. The van der Waals surface area contributed by atoms with E-state index in [-0.39, 0.29) is 10.8 Å². The third kappa shape index (κ3) is 2.63. The lowest BCUT2D eigenvalue weighted by molar-refractivity contribution is -0.0170. The van der Waals surface area contributed by atoms with Gasteiger partial charge in [0.2, 0.25) is 0 Å². The van der Waals surface area contributed by atoms with Crippen LogP contribution in [0, 0.1) is 0 Å². The lowest BCUT2D eigenvalue weighted by atomic mass is 9.64. The number of benzene rings is 2. The van der Waals surface area contributed by atoms with Crippen molar-refractivity contribution in [2.24, 2.45) is 0 Å². The molecule has 0 aromatic heterocycles. The molecule has 0 radical (unpaired) electrons. The van der Waals surface area contributed by atoms with Crippen LogP contribution in [0.15, 0.2) is 60.7 Å². The van der Waals surface area contributed by atoms with Gasteiger partial charge in [-0.15, -0.1) is 0 Å². The Morgan fingerprint density at radius 2 is 1.43 bits per heavy atom. The number of rotatable bonds is 3. The zero-order valence-corrected chi connectivity index (χ0v) is 13.0. The third-order valence-electron chi connectivity index (χ3n) is 5.06. The molecule has 1 heteroatoms. The summed E-state index contributed by atoms with van der Waals surface area (Å²) in [5.41, 5.74) is 3.02. The Morgan fingerprint density at radius 3 is 2.00 bits per heavy atom. The van der Waals surface area contributed by atoms with Crippen LogP contribution in [0.4, 0.5) is 0 Å². The summed E-state index contributed by atoms with van der Waals surface area (Å²) in [6, 6.07) is 21.7. The van der Waals surface area contributed by atoms with Crippen molar-refractivity contribution >= 4 is 0 Å². The second kappa shape index (κ2) is 5.65. The van der Waals surface area contributed by atoms with E-state index in [1.165, 1.54) is 11.1 Å². The molecule has 1 saturated heterocycles. The van der Waals surface area contributed by atoms with Crippen LogP contribution in [0.2, 0.25) is 0 Å². The summed E-state index contributed by atoms with van der Waals surface area (Å²) in [6.45, 7) is 6.27. The monoisotopic (exact) mass is 280 g/mol. The first-order valence-electron chi connectivity index (χ1n) is 7.87. The smallest absolute Gasteiger partial charge is 0.0563 e. The van der Waals surface area contributed by atoms with Crippen molar-refractivity contribution in [3.05, 3.63) is 71.8 Å². The highest BCUT2D eigenvalue weighted by molar-refractivity contribution is 5.32. The van der Waals surface area contributed by atoms with Crippen molar-refractivity contribution in [3.8, 4) is 0 Å². The first-order chi connectivity index (χ1) is 10.2. The Kier molecular flexibility index (Phi) is 3.86. The molecule has 0 bridgehead atoms. The Balaban J connectivity index is 1.98. The van der Waals surface area contributed by atoms with Crippen LogP contribution >= 0.6 is 0 Å². The molecule has 1 aliphatic rings. The Bertz CT molecular complexity index is 577. The molecule has 3 rings (SSSR count). The fourth-order valence-electron chi connectivity index (χ4n) is 3.75. The minimum absolute atomic E-state index is 0.0887. The van der Waals surface area contributed by atoms with Crippen LogP contribution in [0.25, 0.3) is 0 Å². The van der Waals surface area contributed by atoms with Crippen molar-refractivity contribution < 1.29 is 4.74 Å². The molecule has 2 unspecified atom stereocenters. The highest BCUT2D eigenvalue weighted by Crippen LogP contribution is 2.45. The highest BCUT2D eigenvalue weighted by Gasteiger charge is 2.43. The normalized spacial score (nSPS) is 29.2. The second-order valence-corrected chi connectivity index (χ2v) is 6.60. The van der Waals surface area contributed by atoms with Gasteiger partial charge in [-0.1, -0.05) is 74.5 Å². The molecular formula is C20H24O. The minimum atomic E-state index is 0.0887. The van der Waals surface area contributed by atoms with E-state index in [0.29, 0.717) is 0 Å². The molecule has 1 fully saturated rings. The summed E-state index contributed by atoms with van der Waals surface area (Å²) >= 11 is 0. The van der Waals surface area contributed by atoms with Gasteiger partial charge >= 0.3 is 0 Å². The third-order valence-corrected chi connectivity index (χ3v) is 5.06. The molecule has 0 saturated carbocycles. The van der Waals surface area contributed by atoms with E-state index in [9.17, 15) is 0 Å². The molecular weight excluding hydrogens is 256 g/mol. The molecule has 2 aromatic carbocycles. The predicted octanol–water partition coefficient (Wildman–Crippen LogP) is 4.71. The molecule has 110 valence electrons. The van der Waals surface area contributed by atoms with Crippen molar-refractivity contribution in [2.75, 3.05) is 13.2 Å². The predicted molar refractivity (Wildman–Crippen MR) is 87.6 cm³/mol. The van der Waals surface area contributed by atoms with Gasteiger partial charge in [0, 0.05) is 10.8 Å². The number of ether oxygens (including phenoxy) is 1. The summed E-state index contributed by atoms with van der Waals surface area (Å²) in [6.07, 6.45) is 2.25. The fourth-order valence-corrected chi connectivity index (χ4v) is 3.75. The molecule has 2 aromatic rings. The molecule has 1 heterocycles. The van der Waals surface area contributed by atoms with Gasteiger partial charge in [0.15, 0.2) is 0 Å². The van der Waals surface area contributed by atoms with Gasteiger partial charge in [-0.2, -0.15) is 0 Å². The molecule has 0 amide bonds. The Labute approximate surface area is 128 Å². The average molecular weight is 280 g/mol. The zero-order chi connectivity index (χ0) is 14.8. The summed E-state index contributed by atoms with van der Waals surface area (Å²) in [4.78, 5) is 0. The maximum atomic E-state index is 6.10. The van der Waals surface area contributed by atoms with Crippen LogP contribution in [0.1, 0.15) is 37.8 Å². The van der Waals surface area contributed by atoms with Crippen LogP contribution in [-0.4, -0.2) is 13.2 Å². The van der Waals surface area contributed by atoms with Crippen molar-refractivity contribution in [3.63, 3.8) is 0 Å². The highest BCUT2D eigenvalue weighted by atomic mass is 16.5. The van der Waals surface area contributed by atoms with E-state index in [1.807, 2.05) is 0 Å². The molecule has 0 spiro atoms. The standard InChI is InChI=1S/C20H24O/c1-3-20(18-12-8-5-9-13-18)14-19(2,15-21-16-20)17-10-6-4-7-11-17/h4-13H,3,14-16H2,1-2H3. The van der Waals surface area contributed by atoms with Gasteiger partial charge in [-0.05, 0) is 24.0 Å². The zero-order valence-electron chi connectivity index (χ0n) is 13.0.